The molecule has 1 aliphatic rings. The van der Waals surface area contributed by atoms with Crippen LogP contribution in [0.3, 0.4) is 0 Å². The fourth-order valence-corrected chi connectivity index (χ4v) is 2.88. The number of benzene rings is 1. The van der Waals surface area contributed by atoms with Crippen molar-refractivity contribution in [1.29, 1.82) is 0 Å². The molecule has 106 valence electrons. The van der Waals surface area contributed by atoms with Crippen LogP contribution in [0.5, 0.6) is 0 Å². The largest absolute Gasteiger partial charge is 0.397 e. The molecule has 1 aromatic carbocycles. The van der Waals surface area contributed by atoms with Gasteiger partial charge in [0.1, 0.15) is 0 Å². The maximum absolute atomic E-state index is 6.22. The zero-order valence-corrected chi connectivity index (χ0v) is 11.8. The second-order valence-corrected chi connectivity index (χ2v) is 5.45. The van der Waals surface area contributed by atoms with E-state index in [0.29, 0.717) is 0 Å². The highest BCUT2D eigenvalue weighted by Gasteiger charge is 2.10. The van der Waals surface area contributed by atoms with Crippen LogP contribution in [0.2, 0.25) is 0 Å². The summed E-state index contributed by atoms with van der Waals surface area (Å²) in [5.74, 6) is 0. The Labute approximate surface area is 120 Å². The molecule has 4 nitrogen and oxygen atoms in total. The maximum Gasteiger partial charge on any atom is 0.0630 e. The van der Waals surface area contributed by atoms with Gasteiger partial charge in [-0.05, 0) is 51.0 Å². The number of aromatic nitrogens is 1. The third kappa shape index (κ3) is 2.85. The minimum atomic E-state index is 0.825. The van der Waals surface area contributed by atoms with Crippen molar-refractivity contribution in [1.82, 2.24) is 9.88 Å². The van der Waals surface area contributed by atoms with Gasteiger partial charge in [0.15, 0.2) is 0 Å². The fourth-order valence-electron chi connectivity index (χ4n) is 2.88. The van der Waals surface area contributed by atoms with Crippen molar-refractivity contribution in [2.75, 3.05) is 37.2 Å². The van der Waals surface area contributed by atoms with E-state index in [0.717, 1.165) is 35.1 Å². The Bertz CT molecular complexity index is 576. The molecule has 0 unspecified atom stereocenters. The lowest BCUT2D eigenvalue weighted by Crippen LogP contribution is -2.22. The van der Waals surface area contributed by atoms with Crippen molar-refractivity contribution in [3.8, 4) is 0 Å². The van der Waals surface area contributed by atoms with E-state index in [1.54, 1.807) is 6.20 Å². The van der Waals surface area contributed by atoms with E-state index in [1.165, 1.54) is 32.5 Å². The van der Waals surface area contributed by atoms with Crippen LogP contribution in [-0.4, -0.2) is 36.1 Å². The summed E-state index contributed by atoms with van der Waals surface area (Å²) < 4.78 is 0. The number of nitrogen functional groups attached to an aromatic ring is 1. The van der Waals surface area contributed by atoms with E-state index in [4.69, 9.17) is 5.73 Å². The SMILES string of the molecule is Nc1c(NCCCN2CCCC2)ccc2cnccc12. The molecule has 0 amide bonds. The number of likely N-dealkylation sites (tertiary alicyclic amines) is 1. The van der Waals surface area contributed by atoms with E-state index < -0.39 is 0 Å². The van der Waals surface area contributed by atoms with Gasteiger partial charge in [-0.2, -0.15) is 0 Å². The molecule has 1 fully saturated rings. The van der Waals surface area contributed by atoms with Crippen molar-refractivity contribution in [3.63, 3.8) is 0 Å². The molecular weight excluding hydrogens is 248 g/mol. The second-order valence-electron chi connectivity index (χ2n) is 5.45. The molecule has 20 heavy (non-hydrogen) atoms. The minimum absolute atomic E-state index is 0.825. The summed E-state index contributed by atoms with van der Waals surface area (Å²) >= 11 is 0. The van der Waals surface area contributed by atoms with Gasteiger partial charge in [0.05, 0.1) is 11.4 Å². The Hall–Kier alpha value is -1.81. The van der Waals surface area contributed by atoms with Crippen LogP contribution in [0.4, 0.5) is 11.4 Å². The van der Waals surface area contributed by atoms with E-state index in [2.05, 4.69) is 27.3 Å². The Morgan fingerprint density at radius 3 is 2.90 bits per heavy atom. The molecule has 0 saturated carbocycles. The van der Waals surface area contributed by atoms with Gasteiger partial charge in [-0.3, -0.25) is 4.98 Å². The number of hydrogen-bond acceptors (Lipinski definition) is 4. The first kappa shape index (κ1) is 13.2. The van der Waals surface area contributed by atoms with Gasteiger partial charge in [0.25, 0.3) is 0 Å². The zero-order chi connectivity index (χ0) is 13.8. The van der Waals surface area contributed by atoms with Crippen LogP contribution >= 0.6 is 0 Å². The smallest absolute Gasteiger partial charge is 0.0630 e. The summed E-state index contributed by atoms with van der Waals surface area (Å²) in [6.07, 6.45) is 7.52. The van der Waals surface area contributed by atoms with Crippen LogP contribution in [0.1, 0.15) is 19.3 Å². The summed E-state index contributed by atoms with van der Waals surface area (Å²) in [5.41, 5.74) is 8.08. The monoisotopic (exact) mass is 270 g/mol. The summed E-state index contributed by atoms with van der Waals surface area (Å²) in [4.78, 5) is 6.66. The lowest BCUT2D eigenvalue weighted by atomic mass is 10.1. The molecule has 3 rings (SSSR count). The van der Waals surface area contributed by atoms with E-state index >= 15 is 0 Å². The average molecular weight is 270 g/mol. The van der Waals surface area contributed by atoms with Crippen molar-refractivity contribution >= 4 is 22.1 Å². The van der Waals surface area contributed by atoms with Crippen LogP contribution in [-0.2, 0) is 0 Å². The first-order valence-corrected chi connectivity index (χ1v) is 7.43. The Balaban J connectivity index is 1.58. The lowest BCUT2D eigenvalue weighted by molar-refractivity contribution is 0.337. The molecule has 0 aliphatic carbocycles. The standard InChI is InChI=1S/C16H22N4/c17-16-14-6-8-18-12-13(14)4-5-15(16)19-7-3-11-20-9-1-2-10-20/h4-6,8,12,19H,1-3,7,9-11,17H2. The third-order valence-electron chi connectivity index (χ3n) is 4.03. The Morgan fingerprint density at radius 1 is 1.20 bits per heavy atom. The molecule has 0 bridgehead atoms. The predicted molar refractivity (Wildman–Crippen MR) is 84.9 cm³/mol. The molecule has 2 aromatic rings. The van der Waals surface area contributed by atoms with Gasteiger partial charge < -0.3 is 16.0 Å². The number of hydrogen-bond donors (Lipinski definition) is 2. The zero-order valence-electron chi connectivity index (χ0n) is 11.8. The summed E-state index contributed by atoms with van der Waals surface area (Å²) in [6.45, 7) is 4.69. The van der Waals surface area contributed by atoms with Crippen molar-refractivity contribution < 1.29 is 0 Å². The molecule has 1 aliphatic heterocycles. The normalized spacial score (nSPS) is 15.8. The predicted octanol–water partition coefficient (Wildman–Crippen LogP) is 2.71. The van der Waals surface area contributed by atoms with Gasteiger partial charge in [0.2, 0.25) is 0 Å². The van der Waals surface area contributed by atoms with Crippen molar-refractivity contribution in [2.45, 2.75) is 19.3 Å². The molecule has 1 saturated heterocycles. The highest BCUT2D eigenvalue weighted by Crippen LogP contribution is 2.27. The van der Waals surface area contributed by atoms with E-state index in [9.17, 15) is 0 Å². The number of nitrogens with one attached hydrogen (secondary N) is 1. The minimum Gasteiger partial charge on any atom is -0.397 e. The second kappa shape index (κ2) is 6.09. The van der Waals surface area contributed by atoms with Crippen LogP contribution in [0.25, 0.3) is 10.8 Å². The number of nitrogens with two attached hydrogens (primary N) is 1. The Morgan fingerprint density at radius 2 is 2.05 bits per heavy atom. The van der Waals surface area contributed by atoms with E-state index in [1.807, 2.05) is 12.3 Å². The van der Waals surface area contributed by atoms with Crippen LogP contribution in [0, 0.1) is 0 Å². The molecule has 3 N–H and O–H groups in total. The maximum atomic E-state index is 6.22. The highest BCUT2D eigenvalue weighted by molar-refractivity contribution is 5.98. The summed E-state index contributed by atoms with van der Waals surface area (Å²) in [7, 11) is 0. The van der Waals surface area contributed by atoms with E-state index in [-0.39, 0.29) is 0 Å². The summed E-state index contributed by atoms with van der Waals surface area (Å²) in [5, 5.41) is 5.62. The van der Waals surface area contributed by atoms with Gasteiger partial charge in [-0.1, -0.05) is 6.07 Å². The lowest BCUT2D eigenvalue weighted by Gasteiger charge is -2.15. The number of rotatable bonds is 5. The first-order chi connectivity index (χ1) is 9.84. The molecule has 0 spiro atoms. The molecule has 1 aromatic heterocycles. The number of fused-ring (bicyclic) bond motifs is 1. The Kier molecular flexibility index (Phi) is 4.02. The summed E-state index contributed by atoms with van der Waals surface area (Å²) in [6, 6.07) is 6.09. The van der Waals surface area contributed by atoms with Gasteiger partial charge in [-0.25, -0.2) is 0 Å². The molecule has 2 heterocycles. The molecule has 4 heteroatoms. The third-order valence-corrected chi connectivity index (χ3v) is 4.03. The molecule has 0 radical (unpaired) electrons. The average Bonchev–Trinajstić information content (AvgIpc) is 2.99. The fraction of sp³-hybridized carbons (Fsp3) is 0.438. The van der Waals surface area contributed by atoms with Gasteiger partial charge in [-0.15, -0.1) is 0 Å². The van der Waals surface area contributed by atoms with Crippen molar-refractivity contribution in [3.05, 3.63) is 30.6 Å². The number of nitrogens with zero attached hydrogens (tertiary/aromatic N) is 2. The van der Waals surface area contributed by atoms with Gasteiger partial charge >= 0.3 is 0 Å². The van der Waals surface area contributed by atoms with Gasteiger partial charge in [0, 0.05) is 29.7 Å². The first-order valence-electron chi connectivity index (χ1n) is 7.43. The number of pyridine rings is 1. The molecular formula is C16H22N4. The topological polar surface area (TPSA) is 54.2 Å². The quantitative estimate of drug-likeness (QED) is 0.648. The number of anilines is 2. The van der Waals surface area contributed by atoms with Crippen LogP contribution < -0.4 is 11.1 Å². The molecule has 0 atom stereocenters. The van der Waals surface area contributed by atoms with Crippen molar-refractivity contribution in [2.24, 2.45) is 0 Å². The highest BCUT2D eigenvalue weighted by atomic mass is 15.1. The van der Waals surface area contributed by atoms with Crippen LogP contribution in [0.15, 0.2) is 30.6 Å².